The minimum absolute atomic E-state index is 0.0180. The Labute approximate surface area is 161 Å². The molecule has 2 aromatic carbocycles. The van der Waals surface area contributed by atoms with Gasteiger partial charge in [0, 0.05) is 31.0 Å². The molecular formula is C22H29N3O2. The molecule has 27 heavy (non-hydrogen) atoms. The van der Waals surface area contributed by atoms with Gasteiger partial charge in [-0.05, 0) is 55.2 Å². The maximum absolute atomic E-state index is 12.8. The van der Waals surface area contributed by atoms with Crippen molar-refractivity contribution in [2.75, 3.05) is 23.3 Å². The fourth-order valence-electron chi connectivity index (χ4n) is 3.51. The monoisotopic (exact) mass is 367 g/mol. The topological polar surface area (TPSA) is 64.6 Å². The van der Waals surface area contributed by atoms with Crippen LogP contribution in [0.15, 0.2) is 48.5 Å². The molecule has 3 rings (SSSR count). The van der Waals surface area contributed by atoms with Gasteiger partial charge in [-0.2, -0.15) is 0 Å². The van der Waals surface area contributed by atoms with Crippen LogP contribution < -0.4 is 15.5 Å². The van der Waals surface area contributed by atoms with Crippen LogP contribution in [-0.2, 0) is 11.3 Å². The van der Waals surface area contributed by atoms with Gasteiger partial charge in [-0.1, -0.05) is 31.5 Å². The van der Waals surface area contributed by atoms with Crippen molar-refractivity contribution in [2.45, 2.75) is 45.2 Å². The molecule has 1 saturated heterocycles. The average molecular weight is 367 g/mol. The summed E-state index contributed by atoms with van der Waals surface area (Å²) in [5, 5.41) is 16.0. The van der Waals surface area contributed by atoms with Crippen LogP contribution in [0.5, 0.6) is 5.75 Å². The molecule has 0 bridgehead atoms. The van der Waals surface area contributed by atoms with E-state index in [1.165, 1.54) is 18.5 Å². The number of benzene rings is 2. The molecule has 1 fully saturated rings. The fourth-order valence-corrected chi connectivity index (χ4v) is 3.51. The van der Waals surface area contributed by atoms with Gasteiger partial charge in [0.15, 0.2) is 0 Å². The highest BCUT2D eigenvalue weighted by atomic mass is 16.3. The molecular weight excluding hydrogens is 338 g/mol. The zero-order valence-corrected chi connectivity index (χ0v) is 15.9. The van der Waals surface area contributed by atoms with E-state index >= 15 is 0 Å². The van der Waals surface area contributed by atoms with Crippen LogP contribution in [0.3, 0.4) is 0 Å². The van der Waals surface area contributed by atoms with Gasteiger partial charge < -0.3 is 20.6 Å². The third kappa shape index (κ3) is 5.47. The molecule has 1 aliphatic heterocycles. The number of rotatable bonds is 8. The Balaban J connectivity index is 1.61. The third-order valence-corrected chi connectivity index (χ3v) is 4.94. The van der Waals surface area contributed by atoms with Crippen molar-refractivity contribution in [1.82, 2.24) is 5.32 Å². The van der Waals surface area contributed by atoms with Crippen molar-refractivity contribution in [3.8, 4) is 5.75 Å². The number of aromatic hydroxyl groups is 1. The Bertz CT molecular complexity index is 757. The van der Waals surface area contributed by atoms with E-state index in [0.717, 1.165) is 37.2 Å². The van der Waals surface area contributed by atoms with E-state index in [2.05, 4.69) is 34.6 Å². The van der Waals surface area contributed by atoms with Crippen LogP contribution >= 0.6 is 0 Å². The molecule has 0 spiro atoms. The van der Waals surface area contributed by atoms with E-state index in [1.54, 1.807) is 12.1 Å². The summed E-state index contributed by atoms with van der Waals surface area (Å²) in [5.74, 6) is 0.222. The van der Waals surface area contributed by atoms with Gasteiger partial charge >= 0.3 is 0 Å². The molecule has 1 aliphatic rings. The van der Waals surface area contributed by atoms with Gasteiger partial charge in [0.1, 0.15) is 5.75 Å². The Morgan fingerprint density at radius 3 is 2.67 bits per heavy atom. The molecule has 1 atom stereocenters. The van der Waals surface area contributed by atoms with Crippen molar-refractivity contribution in [3.05, 3.63) is 54.1 Å². The predicted molar refractivity (Wildman–Crippen MR) is 110 cm³/mol. The molecule has 2 aromatic rings. The van der Waals surface area contributed by atoms with E-state index < -0.39 is 0 Å². The number of carbonyl (C=O) groups excluding carboxylic acids is 1. The lowest BCUT2D eigenvalue weighted by atomic mass is 10.1. The first-order valence-corrected chi connectivity index (χ1v) is 9.83. The number of phenols is 1. The van der Waals surface area contributed by atoms with Gasteiger partial charge in [0.2, 0.25) is 5.91 Å². The summed E-state index contributed by atoms with van der Waals surface area (Å²) in [4.78, 5) is 15.1. The molecule has 5 heteroatoms. The predicted octanol–water partition coefficient (Wildman–Crippen LogP) is 3.89. The largest absolute Gasteiger partial charge is 0.508 e. The lowest BCUT2D eigenvalue weighted by Crippen LogP contribution is -2.40. The molecule has 0 aromatic heterocycles. The number of carbonyl (C=O) groups is 1. The van der Waals surface area contributed by atoms with Crippen LogP contribution in [0.2, 0.25) is 0 Å². The standard InChI is InChI=1S/C22H29N3O2/c1-2-7-21(23-16-17-8-5-11-20(26)14-17)22(27)24-18-9-6-10-19(15-18)25-12-3-4-13-25/h5-6,8-11,14-15,21,23,26H,2-4,7,12-13,16H2,1H3,(H,24,27). The zero-order valence-electron chi connectivity index (χ0n) is 15.9. The van der Waals surface area contributed by atoms with E-state index in [-0.39, 0.29) is 17.7 Å². The minimum Gasteiger partial charge on any atom is -0.508 e. The van der Waals surface area contributed by atoms with E-state index in [9.17, 15) is 9.90 Å². The molecule has 3 N–H and O–H groups in total. The molecule has 0 radical (unpaired) electrons. The molecule has 5 nitrogen and oxygen atoms in total. The lowest BCUT2D eigenvalue weighted by Gasteiger charge is -2.20. The van der Waals surface area contributed by atoms with E-state index in [4.69, 9.17) is 0 Å². The van der Waals surface area contributed by atoms with Gasteiger partial charge in [-0.25, -0.2) is 0 Å². The van der Waals surface area contributed by atoms with Crippen LogP contribution in [0, 0.1) is 0 Å². The normalized spacial score (nSPS) is 14.9. The SMILES string of the molecule is CCCC(NCc1cccc(O)c1)C(=O)Nc1cccc(N2CCCC2)c1. The quantitative estimate of drug-likeness (QED) is 0.662. The molecule has 1 heterocycles. The highest BCUT2D eigenvalue weighted by Crippen LogP contribution is 2.23. The second-order valence-corrected chi connectivity index (χ2v) is 7.13. The Kier molecular flexibility index (Phi) is 6.71. The highest BCUT2D eigenvalue weighted by molar-refractivity contribution is 5.95. The van der Waals surface area contributed by atoms with Gasteiger partial charge in [-0.3, -0.25) is 4.79 Å². The summed E-state index contributed by atoms with van der Waals surface area (Å²) in [6, 6.07) is 14.9. The molecule has 0 saturated carbocycles. The number of anilines is 2. The van der Waals surface area contributed by atoms with Crippen molar-refractivity contribution in [3.63, 3.8) is 0 Å². The first-order valence-electron chi connectivity index (χ1n) is 9.83. The van der Waals surface area contributed by atoms with Crippen molar-refractivity contribution in [1.29, 1.82) is 0 Å². The van der Waals surface area contributed by atoms with Crippen molar-refractivity contribution >= 4 is 17.3 Å². The van der Waals surface area contributed by atoms with Crippen LogP contribution in [0.4, 0.5) is 11.4 Å². The van der Waals surface area contributed by atoms with Gasteiger partial charge in [-0.15, -0.1) is 0 Å². The lowest BCUT2D eigenvalue weighted by molar-refractivity contribution is -0.118. The molecule has 0 aliphatic carbocycles. The first kappa shape index (κ1) is 19.2. The Hall–Kier alpha value is -2.53. The highest BCUT2D eigenvalue weighted by Gasteiger charge is 2.18. The van der Waals surface area contributed by atoms with Crippen molar-refractivity contribution in [2.24, 2.45) is 0 Å². The van der Waals surface area contributed by atoms with Crippen molar-refractivity contribution < 1.29 is 9.90 Å². The molecule has 1 unspecified atom stereocenters. The number of nitrogens with zero attached hydrogens (tertiary/aromatic N) is 1. The zero-order chi connectivity index (χ0) is 19.1. The Morgan fingerprint density at radius 1 is 1.15 bits per heavy atom. The van der Waals surface area contributed by atoms with E-state index in [0.29, 0.717) is 6.54 Å². The molecule has 144 valence electrons. The smallest absolute Gasteiger partial charge is 0.241 e. The summed E-state index contributed by atoms with van der Waals surface area (Å²) in [6.07, 6.45) is 4.14. The van der Waals surface area contributed by atoms with Crippen LogP contribution in [0.1, 0.15) is 38.2 Å². The maximum atomic E-state index is 12.8. The number of hydrogen-bond acceptors (Lipinski definition) is 4. The minimum atomic E-state index is -0.271. The number of nitrogens with one attached hydrogen (secondary N) is 2. The third-order valence-electron chi connectivity index (χ3n) is 4.94. The van der Waals surface area contributed by atoms with E-state index in [1.807, 2.05) is 24.3 Å². The summed E-state index contributed by atoms with van der Waals surface area (Å²) in [6.45, 7) is 4.78. The second kappa shape index (κ2) is 9.42. The fraction of sp³-hybridized carbons (Fsp3) is 0.409. The number of hydrogen-bond donors (Lipinski definition) is 3. The summed E-state index contributed by atoms with van der Waals surface area (Å²) in [7, 11) is 0. The average Bonchev–Trinajstić information content (AvgIpc) is 3.20. The first-order chi connectivity index (χ1) is 13.2. The summed E-state index contributed by atoms with van der Waals surface area (Å²) >= 11 is 0. The maximum Gasteiger partial charge on any atom is 0.241 e. The second-order valence-electron chi connectivity index (χ2n) is 7.13. The van der Waals surface area contributed by atoms with Gasteiger partial charge in [0.05, 0.1) is 6.04 Å². The van der Waals surface area contributed by atoms with Gasteiger partial charge in [0.25, 0.3) is 0 Å². The molecule has 1 amide bonds. The number of phenolic OH excluding ortho intramolecular Hbond substituents is 1. The number of amides is 1. The Morgan fingerprint density at radius 2 is 1.93 bits per heavy atom. The van der Waals surface area contributed by atoms with Crippen LogP contribution in [-0.4, -0.2) is 30.1 Å². The summed E-state index contributed by atoms with van der Waals surface area (Å²) in [5.41, 5.74) is 2.97. The van der Waals surface area contributed by atoms with Crippen LogP contribution in [0.25, 0.3) is 0 Å². The summed E-state index contributed by atoms with van der Waals surface area (Å²) < 4.78 is 0.